The van der Waals surface area contributed by atoms with Crippen LogP contribution in [0, 0.1) is 0 Å². The SMILES string of the molecule is [2H]c1c([2H])c([2H])c2c(c1[2H])c1c([2H])c(O)c([2H])c([2H])c1n2-c1ccc2c(c1)sc1cc3c(cc12)sc1c(-c2nc(-c4ccccc4)nc(-c4ccccc4)n2)cccc13. The fourth-order valence-corrected chi connectivity index (χ4v) is 9.46. The molecule has 4 aromatic heterocycles. The van der Waals surface area contributed by atoms with Gasteiger partial charge in [0.1, 0.15) is 5.75 Å². The third kappa shape index (κ3) is 4.50. The van der Waals surface area contributed by atoms with Crippen LogP contribution in [-0.4, -0.2) is 24.6 Å². The minimum Gasteiger partial charge on any atom is -0.508 e. The summed E-state index contributed by atoms with van der Waals surface area (Å²) in [6.07, 6.45) is 0. The lowest BCUT2D eigenvalue weighted by atomic mass is 10.1. The highest BCUT2D eigenvalue weighted by Crippen LogP contribution is 2.45. The Kier molecular flexibility index (Phi) is 5.03. The predicted octanol–water partition coefficient (Wildman–Crippen LogP) is 12.4. The van der Waals surface area contributed by atoms with Crippen molar-refractivity contribution in [2.24, 2.45) is 0 Å². The average molecular weight is 710 g/mol. The Hall–Kier alpha value is -6.41. The molecule has 52 heavy (non-hydrogen) atoms. The van der Waals surface area contributed by atoms with Crippen LogP contribution in [0.15, 0.2) is 151 Å². The van der Waals surface area contributed by atoms with E-state index in [1.165, 1.54) is 4.57 Å². The van der Waals surface area contributed by atoms with Crippen LogP contribution >= 0.6 is 22.7 Å². The molecule has 0 fully saturated rings. The van der Waals surface area contributed by atoms with Gasteiger partial charge in [-0.15, -0.1) is 22.7 Å². The Morgan fingerprint density at radius 1 is 0.519 bits per heavy atom. The number of thiophene rings is 2. The van der Waals surface area contributed by atoms with Gasteiger partial charge in [-0.2, -0.15) is 0 Å². The first-order valence-corrected chi connectivity index (χ1v) is 18.1. The van der Waals surface area contributed by atoms with Crippen LogP contribution in [-0.2, 0) is 0 Å². The third-order valence-corrected chi connectivity index (χ3v) is 11.7. The average Bonchev–Trinajstić information content (AvgIpc) is 3.95. The zero-order chi connectivity index (χ0) is 40.4. The molecule has 5 nitrogen and oxygen atoms in total. The first-order valence-electron chi connectivity index (χ1n) is 20.0. The van der Waals surface area contributed by atoms with Crippen LogP contribution in [0.2, 0.25) is 0 Å². The molecule has 0 aliphatic rings. The Morgan fingerprint density at radius 3 is 1.94 bits per heavy atom. The number of aromatic hydroxyl groups is 1. The number of nitrogens with zero attached hydrogens (tertiary/aromatic N) is 4. The number of benzene rings is 7. The van der Waals surface area contributed by atoms with Crippen molar-refractivity contribution >= 4 is 84.8 Å². The number of aromatic nitrogens is 4. The van der Waals surface area contributed by atoms with Gasteiger partial charge in [0, 0.05) is 73.5 Å². The second kappa shape index (κ2) is 11.3. The van der Waals surface area contributed by atoms with Crippen molar-refractivity contribution in [2.75, 3.05) is 0 Å². The highest BCUT2D eigenvalue weighted by molar-refractivity contribution is 7.27. The number of para-hydroxylation sites is 1. The van der Waals surface area contributed by atoms with Crippen molar-refractivity contribution in [3.05, 3.63) is 151 Å². The normalized spacial score (nSPS) is 13.8. The summed E-state index contributed by atoms with van der Waals surface area (Å²) in [5, 5.41) is 14.9. The Bertz CT molecular complexity index is 3470. The van der Waals surface area contributed by atoms with Gasteiger partial charge in [0.25, 0.3) is 0 Å². The molecule has 0 radical (unpaired) electrons. The summed E-state index contributed by atoms with van der Waals surface area (Å²) in [7, 11) is 0. The molecule has 11 aromatic rings. The molecule has 0 aliphatic carbocycles. The quantitative estimate of drug-likeness (QED) is 0.198. The van der Waals surface area contributed by atoms with E-state index in [1.54, 1.807) is 22.7 Å². The summed E-state index contributed by atoms with van der Waals surface area (Å²) < 4.78 is 66.1. The molecule has 1 N–H and O–H groups in total. The number of phenolic OH excluding ortho intramolecular Hbond substituents is 1. The van der Waals surface area contributed by atoms with Gasteiger partial charge in [-0.3, -0.25) is 0 Å². The minimum absolute atomic E-state index is 0.00170. The zero-order valence-electron chi connectivity index (χ0n) is 33.9. The summed E-state index contributed by atoms with van der Waals surface area (Å²) in [4.78, 5) is 14.9. The summed E-state index contributed by atoms with van der Waals surface area (Å²) in [5.74, 6) is 1.07. The van der Waals surface area contributed by atoms with E-state index in [9.17, 15) is 5.11 Å². The highest BCUT2D eigenvalue weighted by Gasteiger charge is 2.19. The molecule has 4 heterocycles. The minimum atomic E-state index is -0.712. The van der Waals surface area contributed by atoms with Crippen LogP contribution in [0.1, 0.15) is 9.60 Å². The Labute approximate surface area is 315 Å². The molecule has 0 atom stereocenters. The summed E-state index contributed by atoms with van der Waals surface area (Å²) in [6, 6.07) is 33.1. The van der Waals surface area contributed by atoms with Crippen LogP contribution in [0.5, 0.6) is 5.75 Å². The van der Waals surface area contributed by atoms with E-state index in [-0.39, 0.29) is 39.9 Å². The molecular weight excluding hydrogens is 677 g/mol. The van der Waals surface area contributed by atoms with Gasteiger partial charge in [-0.25, -0.2) is 15.0 Å². The van der Waals surface area contributed by atoms with Crippen LogP contribution < -0.4 is 0 Å². The maximum Gasteiger partial charge on any atom is 0.165 e. The van der Waals surface area contributed by atoms with Gasteiger partial charge in [0.2, 0.25) is 0 Å². The van der Waals surface area contributed by atoms with Crippen molar-refractivity contribution in [1.82, 2.24) is 19.5 Å². The molecule has 11 rings (SSSR count). The fraction of sp³-hybridized carbons (Fsp3) is 0. The van der Waals surface area contributed by atoms with Crippen LogP contribution in [0.25, 0.3) is 102 Å². The predicted molar refractivity (Wildman–Crippen MR) is 218 cm³/mol. The molecule has 0 spiro atoms. The van der Waals surface area contributed by atoms with Crippen molar-refractivity contribution in [3.8, 4) is 45.6 Å². The van der Waals surface area contributed by atoms with E-state index in [0.29, 0.717) is 23.2 Å². The number of hydrogen-bond acceptors (Lipinski definition) is 6. The molecule has 7 aromatic carbocycles. The van der Waals surface area contributed by atoms with E-state index < -0.39 is 29.9 Å². The number of rotatable bonds is 4. The molecule has 0 unspecified atom stereocenters. The van der Waals surface area contributed by atoms with E-state index >= 15 is 0 Å². The van der Waals surface area contributed by atoms with Crippen molar-refractivity contribution in [1.29, 1.82) is 0 Å². The molecule has 7 heteroatoms. The van der Waals surface area contributed by atoms with E-state index in [4.69, 9.17) is 24.5 Å². The molecular formula is C45H26N4OS2. The lowest BCUT2D eigenvalue weighted by molar-refractivity contribution is 0.476. The maximum absolute atomic E-state index is 10.6. The van der Waals surface area contributed by atoms with Crippen molar-refractivity contribution < 1.29 is 14.7 Å². The number of phenols is 1. The second-order valence-electron chi connectivity index (χ2n) is 12.5. The molecule has 0 aliphatic heterocycles. The monoisotopic (exact) mass is 709 g/mol. The lowest BCUT2D eigenvalue weighted by Crippen LogP contribution is -2.00. The van der Waals surface area contributed by atoms with Gasteiger partial charge in [-0.1, -0.05) is 97.0 Å². The summed E-state index contributed by atoms with van der Waals surface area (Å²) in [5.41, 5.74) is 3.36. The molecule has 0 saturated carbocycles. The number of hydrogen-bond donors (Lipinski definition) is 1. The zero-order valence-corrected chi connectivity index (χ0v) is 28.6. The molecule has 0 saturated heterocycles. The van der Waals surface area contributed by atoms with Gasteiger partial charge in [-0.05, 0) is 54.5 Å². The van der Waals surface area contributed by atoms with E-state index in [1.807, 2.05) is 84.9 Å². The second-order valence-corrected chi connectivity index (χ2v) is 14.6. The van der Waals surface area contributed by atoms with Gasteiger partial charge >= 0.3 is 0 Å². The molecule has 244 valence electrons. The first-order chi connectivity index (χ1) is 28.6. The number of fused-ring (bicyclic) bond motifs is 9. The lowest BCUT2D eigenvalue weighted by Gasteiger charge is -2.09. The summed E-state index contributed by atoms with van der Waals surface area (Å²) in [6.45, 7) is 0. The van der Waals surface area contributed by atoms with Gasteiger partial charge in [0.15, 0.2) is 17.5 Å². The fourth-order valence-electron chi connectivity index (χ4n) is 7.06. The van der Waals surface area contributed by atoms with Crippen LogP contribution in [0.4, 0.5) is 0 Å². The van der Waals surface area contributed by atoms with Gasteiger partial charge in [0.05, 0.1) is 20.6 Å². The Balaban J connectivity index is 1.10. The largest absolute Gasteiger partial charge is 0.508 e. The van der Waals surface area contributed by atoms with Crippen molar-refractivity contribution in [3.63, 3.8) is 0 Å². The molecule has 0 amide bonds. The maximum atomic E-state index is 10.6. The van der Waals surface area contributed by atoms with Gasteiger partial charge < -0.3 is 9.67 Å². The van der Waals surface area contributed by atoms with Crippen molar-refractivity contribution in [2.45, 2.75) is 0 Å². The third-order valence-electron chi connectivity index (χ3n) is 9.42. The summed E-state index contributed by atoms with van der Waals surface area (Å²) >= 11 is 3.26. The Morgan fingerprint density at radius 2 is 1.17 bits per heavy atom. The first kappa shape index (κ1) is 23.1. The standard InChI is InChI=1S/C45H26N4OS2/c50-29-19-21-38-34(23-29)30-14-7-8-17-37(30)49(38)28-18-20-31-35-24-41-36(25-40(35)51-39(31)22-28)32-15-9-16-33(42(32)52-41)45-47-43(26-10-3-1-4-11-26)46-44(48-45)27-12-5-2-6-13-27/h1-25,50H/i7D,8D,14D,17D,19D,21D,23D. The topological polar surface area (TPSA) is 63.8 Å². The smallest absolute Gasteiger partial charge is 0.165 e. The van der Waals surface area contributed by atoms with E-state index in [2.05, 4.69) is 24.3 Å². The molecule has 0 bridgehead atoms. The van der Waals surface area contributed by atoms with Crippen LogP contribution in [0.3, 0.4) is 0 Å². The highest BCUT2D eigenvalue weighted by atomic mass is 32.1. The van der Waals surface area contributed by atoms with E-state index in [0.717, 1.165) is 57.0 Å².